The van der Waals surface area contributed by atoms with E-state index in [4.69, 9.17) is 11.6 Å². The maximum atomic E-state index is 12.5. The van der Waals surface area contributed by atoms with Gasteiger partial charge in [-0.15, -0.1) is 11.3 Å². The molecule has 3 heterocycles. The standard InChI is InChI=1S/C21H22ClN3OS2/c22-18-6-2-1-5-17(18)19(25-8-3-4-9-25)12-23-20(26)11-16-14-28-21(24-16)15-7-10-27-13-15/h1-2,5-7,10,13-14,19H,3-4,8-9,11-12H2,(H,23,26). The van der Waals surface area contributed by atoms with Crippen LogP contribution in [0.3, 0.4) is 0 Å². The Kier molecular flexibility index (Phi) is 6.42. The summed E-state index contributed by atoms with van der Waals surface area (Å²) in [5, 5.41) is 10.9. The van der Waals surface area contributed by atoms with Gasteiger partial charge in [-0.05, 0) is 49.0 Å². The van der Waals surface area contributed by atoms with Gasteiger partial charge in [-0.3, -0.25) is 9.69 Å². The number of carbonyl (C=O) groups excluding carboxylic acids is 1. The molecule has 1 saturated heterocycles. The van der Waals surface area contributed by atoms with E-state index in [0.29, 0.717) is 13.0 Å². The molecular weight excluding hydrogens is 410 g/mol. The molecule has 3 aromatic rings. The largest absolute Gasteiger partial charge is 0.354 e. The second-order valence-electron chi connectivity index (χ2n) is 6.92. The van der Waals surface area contributed by atoms with Gasteiger partial charge < -0.3 is 5.32 Å². The molecule has 1 atom stereocenters. The number of likely N-dealkylation sites (tertiary alicyclic amines) is 1. The van der Waals surface area contributed by atoms with Crippen LogP contribution in [0.5, 0.6) is 0 Å². The second kappa shape index (κ2) is 9.18. The molecule has 1 aromatic carbocycles. The molecule has 4 nitrogen and oxygen atoms in total. The SMILES string of the molecule is O=C(Cc1csc(-c2ccsc2)n1)NCC(c1ccccc1Cl)N1CCCC1. The highest BCUT2D eigenvalue weighted by molar-refractivity contribution is 7.14. The summed E-state index contributed by atoms with van der Waals surface area (Å²) in [5.41, 5.74) is 3.02. The van der Waals surface area contributed by atoms with Crippen molar-refractivity contribution in [3.05, 3.63) is 62.8 Å². The molecule has 1 aliphatic rings. The summed E-state index contributed by atoms with van der Waals surface area (Å²) < 4.78 is 0. The molecule has 0 radical (unpaired) electrons. The van der Waals surface area contributed by atoms with Gasteiger partial charge in [-0.2, -0.15) is 11.3 Å². The highest BCUT2D eigenvalue weighted by atomic mass is 35.5. The molecule has 1 aliphatic heterocycles. The Morgan fingerprint density at radius 2 is 2.04 bits per heavy atom. The Morgan fingerprint density at radius 1 is 1.21 bits per heavy atom. The van der Waals surface area contributed by atoms with Crippen molar-refractivity contribution >= 4 is 40.2 Å². The molecule has 4 rings (SSSR count). The number of nitrogens with zero attached hydrogens (tertiary/aromatic N) is 2. The number of hydrogen-bond donors (Lipinski definition) is 1. The molecule has 1 N–H and O–H groups in total. The minimum absolute atomic E-state index is 0.00146. The average molecular weight is 432 g/mol. The zero-order chi connectivity index (χ0) is 19.3. The molecule has 146 valence electrons. The van der Waals surface area contributed by atoms with Crippen molar-refractivity contribution in [2.24, 2.45) is 0 Å². The number of benzene rings is 1. The van der Waals surface area contributed by atoms with E-state index in [1.165, 1.54) is 12.8 Å². The van der Waals surface area contributed by atoms with Crippen molar-refractivity contribution < 1.29 is 4.79 Å². The van der Waals surface area contributed by atoms with E-state index in [2.05, 4.69) is 32.7 Å². The number of thiazole rings is 1. The smallest absolute Gasteiger partial charge is 0.226 e. The number of aromatic nitrogens is 1. The van der Waals surface area contributed by atoms with Gasteiger partial charge in [0, 0.05) is 27.9 Å². The number of amides is 1. The third-order valence-corrected chi connectivity index (χ3v) is 6.97. The molecule has 1 fully saturated rings. The van der Waals surface area contributed by atoms with E-state index >= 15 is 0 Å². The van der Waals surface area contributed by atoms with Gasteiger partial charge in [0.2, 0.25) is 5.91 Å². The quantitative estimate of drug-likeness (QED) is 0.571. The van der Waals surface area contributed by atoms with Crippen LogP contribution in [0.25, 0.3) is 10.6 Å². The third-order valence-electron chi connectivity index (χ3n) is 5.00. The number of rotatable bonds is 7. The molecule has 0 bridgehead atoms. The zero-order valence-corrected chi connectivity index (χ0v) is 17.8. The number of thiophene rings is 1. The Bertz CT molecular complexity index is 919. The fourth-order valence-electron chi connectivity index (χ4n) is 3.58. The maximum Gasteiger partial charge on any atom is 0.226 e. The van der Waals surface area contributed by atoms with Crippen LogP contribution in [0.1, 0.15) is 30.1 Å². The van der Waals surface area contributed by atoms with Crippen LogP contribution >= 0.6 is 34.3 Å². The molecule has 1 unspecified atom stereocenters. The predicted octanol–water partition coefficient (Wildman–Crippen LogP) is 5.02. The average Bonchev–Trinajstić information content (AvgIpc) is 3.46. The Labute approximate surface area is 178 Å². The lowest BCUT2D eigenvalue weighted by molar-refractivity contribution is -0.120. The first-order valence-corrected chi connectivity index (χ1v) is 11.6. The molecule has 28 heavy (non-hydrogen) atoms. The lowest BCUT2D eigenvalue weighted by Crippen LogP contribution is -2.37. The minimum atomic E-state index is -0.00146. The number of halogens is 1. The van der Waals surface area contributed by atoms with Crippen LogP contribution in [0.15, 0.2) is 46.5 Å². The van der Waals surface area contributed by atoms with Crippen molar-refractivity contribution in [1.29, 1.82) is 0 Å². The van der Waals surface area contributed by atoms with Crippen LogP contribution in [0, 0.1) is 0 Å². The fourth-order valence-corrected chi connectivity index (χ4v) is 5.37. The van der Waals surface area contributed by atoms with Crippen LogP contribution in [-0.4, -0.2) is 35.4 Å². The Morgan fingerprint density at radius 3 is 2.79 bits per heavy atom. The lowest BCUT2D eigenvalue weighted by Gasteiger charge is -2.29. The monoisotopic (exact) mass is 431 g/mol. The lowest BCUT2D eigenvalue weighted by atomic mass is 10.1. The molecule has 1 amide bonds. The highest BCUT2D eigenvalue weighted by Gasteiger charge is 2.25. The zero-order valence-electron chi connectivity index (χ0n) is 15.4. The fraction of sp³-hybridized carbons (Fsp3) is 0.333. The van der Waals surface area contributed by atoms with Crippen molar-refractivity contribution in [1.82, 2.24) is 15.2 Å². The van der Waals surface area contributed by atoms with Crippen molar-refractivity contribution in [3.8, 4) is 10.6 Å². The molecular formula is C21H22ClN3OS2. The number of carbonyl (C=O) groups is 1. The molecule has 7 heteroatoms. The van der Waals surface area contributed by atoms with Crippen molar-refractivity contribution in [2.75, 3.05) is 19.6 Å². The molecule has 0 saturated carbocycles. The van der Waals surface area contributed by atoms with Crippen molar-refractivity contribution in [2.45, 2.75) is 25.3 Å². The normalized spacial score (nSPS) is 15.6. The second-order valence-corrected chi connectivity index (χ2v) is 8.96. The minimum Gasteiger partial charge on any atom is -0.354 e. The highest BCUT2D eigenvalue weighted by Crippen LogP contribution is 2.30. The Balaban J connectivity index is 1.39. The third kappa shape index (κ3) is 4.63. The van der Waals surface area contributed by atoms with Gasteiger partial charge in [-0.1, -0.05) is 29.8 Å². The molecule has 0 aliphatic carbocycles. The van der Waals surface area contributed by atoms with Crippen molar-refractivity contribution in [3.63, 3.8) is 0 Å². The molecule has 0 spiro atoms. The van der Waals surface area contributed by atoms with Gasteiger partial charge in [0.1, 0.15) is 5.01 Å². The van der Waals surface area contributed by atoms with Crippen LogP contribution in [0.4, 0.5) is 0 Å². The molecule has 2 aromatic heterocycles. The summed E-state index contributed by atoms with van der Waals surface area (Å²) in [5.74, 6) is -0.00146. The van der Waals surface area contributed by atoms with Gasteiger partial charge in [0.05, 0.1) is 18.2 Å². The summed E-state index contributed by atoms with van der Waals surface area (Å²) in [4.78, 5) is 19.6. The number of hydrogen-bond acceptors (Lipinski definition) is 5. The van der Waals surface area contributed by atoms with Crippen LogP contribution in [-0.2, 0) is 11.2 Å². The summed E-state index contributed by atoms with van der Waals surface area (Å²) in [6.45, 7) is 2.65. The van der Waals surface area contributed by atoms with Gasteiger partial charge in [0.25, 0.3) is 0 Å². The van der Waals surface area contributed by atoms with Crippen LogP contribution in [0.2, 0.25) is 5.02 Å². The summed E-state index contributed by atoms with van der Waals surface area (Å²) >= 11 is 9.68. The summed E-state index contributed by atoms with van der Waals surface area (Å²) in [6, 6.07) is 10.1. The van der Waals surface area contributed by atoms with Gasteiger partial charge in [0.15, 0.2) is 0 Å². The van der Waals surface area contributed by atoms with E-state index in [1.807, 2.05) is 29.0 Å². The van der Waals surface area contributed by atoms with E-state index in [9.17, 15) is 4.79 Å². The summed E-state index contributed by atoms with van der Waals surface area (Å²) in [6.07, 6.45) is 2.69. The number of nitrogens with one attached hydrogen (secondary N) is 1. The topological polar surface area (TPSA) is 45.2 Å². The van der Waals surface area contributed by atoms with E-state index in [1.54, 1.807) is 22.7 Å². The first-order chi connectivity index (χ1) is 13.7. The van der Waals surface area contributed by atoms with E-state index < -0.39 is 0 Å². The van der Waals surface area contributed by atoms with Gasteiger partial charge in [-0.25, -0.2) is 4.98 Å². The van der Waals surface area contributed by atoms with E-state index in [-0.39, 0.29) is 11.9 Å². The first kappa shape index (κ1) is 19.6. The predicted molar refractivity (Wildman–Crippen MR) is 117 cm³/mol. The Hall–Kier alpha value is -1.73. The summed E-state index contributed by atoms with van der Waals surface area (Å²) in [7, 11) is 0. The van der Waals surface area contributed by atoms with Crippen LogP contribution < -0.4 is 5.32 Å². The van der Waals surface area contributed by atoms with E-state index in [0.717, 1.165) is 39.9 Å². The van der Waals surface area contributed by atoms with Gasteiger partial charge >= 0.3 is 0 Å². The first-order valence-electron chi connectivity index (χ1n) is 9.43. The maximum absolute atomic E-state index is 12.5.